The Balaban J connectivity index is 1.57. The van der Waals surface area contributed by atoms with Crippen molar-refractivity contribution in [2.75, 3.05) is 26.2 Å². The van der Waals surface area contributed by atoms with Gasteiger partial charge in [-0.1, -0.05) is 18.2 Å². The number of carbonyl (C=O) groups excluding carboxylic acids is 2. The summed E-state index contributed by atoms with van der Waals surface area (Å²) in [5.41, 5.74) is 0.232. The number of hydrogen-bond acceptors (Lipinski definition) is 3. The van der Waals surface area contributed by atoms with E-state index in [4.69, 9.17) is 0 Å². The number of nitrogens with zero attached hydrogens (tertiary/aromatic N) is 2. The Morgan fingerprint density at radius 2 is 1.37 bits per heavy atom. The lowest BCUT2D eigenvalue weighted by molar-refractivity contribution is -0.308. The van der Waals surface area contributed by atoms with Gasteiger partial charge in [0, 0.05) is 31.7 Å². The standard InChI is InChI=1S/C19H20F6N2O3/c20-18(21,22)15(19(23,24)25)30-16(29)26-9-6-17(7-10-26)8-11-27(12-17)14(28)13-4-2-1-3-5-13/h1-5,15H,6-12H2. The molecule has 0 bridgehead atoms. The van der Waals surface area contributed by atoms with E-state index in [9.17, 15) is 35.9 Å². The molecule has 3 rings (SSSR count). The Kier molecular flexibility index (Phi) is 5.92. The highest BCUT2D eigenvalue weighted by Gasteiger charge is 2.60. The van der Waals surface area contributed by atoms with Crippen LogP contribution >= 0.6 is 0 Å². The third-order valence-electron chi connectivity index (χ3n) is 5.64. The molecule has 1 aromatic rings. The van der Waals surface area contributed by atoms with Gasteiger partial charge in [-0.15, -0.1) is 0 Å². The van der Waals surface area contributed by atoms with Gasteiger partial charge in [-0.05, 0) is 36.8 Å². The molecule has 2 fully saturated rings. The molecule has 2 aliphatic rings. The monoisotopic (exact) mass is 438 g/mol. The lowest BCUT2D eigenvalue weighted by Crippen LogP contribution is -2.50. The number of piperidine rings is 1. The number of alkyl halides is 6. The first-order chi connectivity index (χ1) is 13.9. The Hall–Kier alpha value is -2.46. The van der Waals surface area contributed by atoms with Gasteiger partial charge >= 0.3 is 18.4 Å². The number of likely N-dealkylation sites (tertiary alicyclic amines) is 2. The fourth-order valence-corrected chi connectivity index (χ4v) is 3.94. The Morgan fingerprint density at radius 3 is 1.87 bits per heavy atom. The highest BCUT2D eigenvalue weighted by Crippen LogP contribution is 2.41. The van der Waals surface area contributed by atoms with Gasteiger partial charge in [-0.3, -0.25) is 4.79 Å². The molecule has 1 spiro atoms. The molecule has 1 aromatic carbocycles. The highest BCUT2D eigenvalue weighted by molar-refractivity contribution is 5.94. The lowest BCUT2D eigenvalue weighted by atomic mass is 9.78. The third-order valence-corrected chi connectivity index (χ3v) is 5.64. The number of rotatable bonds is 2. The van der Waals surface area contributed by atoms with E-state index < -0.39 is 24.5 Å². The van der Waals surface area contributed by atoms with Crippen LogP contribution in [0, 0.1) is 5.41 Å². The number of ether oxygens (including phenoxy) is 1. The van der Waals surface area contributed by atoms with E-state index in [0.29, 0.717) is 37.9 Å². The first kappa shape index (κ1) is 22.2. The van der Waals surface area contributed by atoms with Crippen LogP contribution in [0.5, 0.6) is 0 Å². The lowest BCUT2D eigenvalue weighted by Gasteiger charge is -2.39. The van der Waals surface area contributed by atoms with E-state index in [-0.39, 0.29) is 24.4 Å². The smallest absolute Gasteiger partial charge is 0.426 e. The number of benzene rings is 1. The molecule has 5 nitrogen and oxygen atoms in total. The third kappa shape index (κ3) is 4.81. The fraction of sp³-hybridized carbons (Fsp3) is 0.579. The normalized spacial score (nSPS) is 19.4. The molecule has 0 N–H and O–H groups in total. The number of hydrogen-bond donors (Lipinski definition) is 0. The fourth-order valence-electron chi connectivity index (χ4n) is 3.94. The molecule has 0 saturated carbocycles. The predicted molar refractivity (Wildman–Crippen MR) is 92.6 cm³/mol. The van der Waals surface area contributed by atoms with Crippen LogP contribution in [0.3, 0.4) is 0 Å². The summed E-state index contributed by atoms with van der Waals surface area (Å²) in [6.07, 6.45) is -15.9. The second-order valence-corrected chi connectivity index (χ2v) is 7.68. The van der Waals surface area contributed by atoms with E-state index in [2.05, 4.69) is 4.74 Å². The molecule has 0 aromatic heterocycles. The molecule has 0 radical (unpaired) electrons. The number of carbonyl (C=O) groups is 2. The summed E-state index contributed by atoms with van der Waals surface area (Å²) in [6.45, 7) is 0.864. The minimum atomic E-state index is -5.74. The van der Waals surface area contributed by atoms with Crippen LogP contribution < -0.4 is 0 Å². The summed E-state index contributed by atoms with van der Waals surface area (Å²) in [5.74, 6) is -0.132. The van der Waals surface area contributed by atoms with Crippen LogP contribution in [-0.4, -0.2) is 66.4 Å². The van der Waals surface area contributed by atoms with Crippen LogP contribution in [0.25, 0.3) is 0 Å². The van der Waals surface area contributed by atoms with Crippen molar-refractivity contribution in [3.05, 3.63) is 35.9 Å². The van der Waals surface area contributed by atoms with Gasteiger partial charge in [-0.2, -0.15) is 26.3 Å². The summed E-state index contributed by atoms with van der Waals surface area (Å²) in [5, 5.41) is 0. The van der Waals surface area contributed by atoms with Crippen molar-refractivity contribution in [2.45, 2.75) is 37.7 Å². The molecule has 166 valence electrons. The summed E-state index contributed by atoms with van der Waals surface area (Å²) >= 11 is 0. The number of amides is 2. The van der Waals surface area contributed by atoms with Crippen LogP contribution in [0.4, 0.5) is 31.1 Å². The second kappa shape index (κ2) is 7.99. The zero-order chi connectivity index (χ0) is 22.2. The predicted octanol–water partition coefficient (Wildman–Crippen LogP) is 4.24. The van der Waals surface area contributed by atoms with E-state index in [1.807, 2.05) is 0 Å². The van der Waals surface area contributed by atoms with Gasteiger partial charge in [0.1, 0.15) is 0 Å². The van der Waals surface area contributed by atoms with Gasteiger partial charge in [0.15, 0.2) is 0 Å². The molecule has 0 aliphatic carbocycles. The van der Waals surface area contributed by atoms with Crippen LogP contribution in [-0.2, 0) is 4.74 Å². The van der Waals surface area contributed by atoms with Gasteiger partial charge in [0.05, 0.1) is 0 Å². The summed E-state index contributed by atoms with van der Waals surface area (Å²) in [6, 6.07) is 8.68. The van der Waals surface area contributed by atoms with Crippen LogP contribution in [0.15, 0.2) is 30.3 Å². The molecule has 11 heteroatoms. The second-order valence-electron chi connectivity index (χ2n) is 7.68. The molecular formula is C19H20F6N2O3. The molecule has 2 saturated heterocycles. The Morgan fingerprint density at radius 1 is 0.867 bits per heavy atom. The maximum absolute atomic E-state index is 12.6. The van der Waals surface area contributed by atoms with Crippen molar-refractivity contribution in [3.8, 4) is 0 Å². The van der Waals surface area contributed by atoms with Crippen molar-refractivity contribution < 1.29 is 40.7 Å². The summed E-state index contributed by atoms with van der Waals surface area (Å²) in [4.78, 5) is 27.0. The van der Waals surface area contributed by atoms with Gasteiger partial charge in [-0.25, -0.2) is 4.79 Å². The topological polar surface area (TPSA) is 49.9 Å². The maximum atomic E-state index is 12.6. The van der Waals surface area contributed by atoms with Crippen molar-refractivity contribution in [1.82, 2.24) is 9.80 Å². The van der Waals surface area contributed by atoms with Crippen LogP contribution in [0.2, 0.25) is 0 Å². The van der Waals surface area contributed by atoms with Crippen molar-refractivity contribution in [1.29, 1.82) is 0 Å². The first-order valence-corrected chi connectivity index (χ1v) is 9.35. The van der Waals surface area contributed by atoms with Crippen LogP contribution in [0.1, 0.15) is 29.6 Å². The van der Waals surface area contributed by atoms with Crippen molar-refractivity contribution in [3.63, 3.8) is 0 Å². The van der Waals surface area contributed by atoms with E-state index in [1.165, 1.54) is 0 Å². The van der Waals surface area contributed by atoms with Gasteiger partial charge in [0.2, 0.25) is 0 Å². The molecule has 2 amide bonds. The molecule has 0 unspecified atom stereocenters. The summed E-state index contributed by atoms with van der Waals surface area (Å²) in [7, 11) is 0. The zero-order valence-corrected chi connectivity index (χ0v) is 15.8. The number of halogens is 6. The van der Waals surface area contributed by atoms with Gasteiger partial charge in [0.25, 0.3) is 12.0 Å². The quantitative estimate of drug-likeness (QED) is 0.649. The average Bonchev–Trinajstić information content (AvgIpc) is 3.08. The molecule has 0 atom stereocenters. The summed E-state index contributed by atoms with van der Waals surface area (Å²) < 4.78 is 79.3. The SMILES string of the molecule is O=C(OC(C(F)(F)F)C(F)(F)F)N1CCC2(CC1)CCN(C(=O)c1ccccc1)C2. The van der Waals surface area contributed by atoms with Gasteiger partial charge < -0.3 is 14.5 Å². The minimum absolute atomic E-state index is 0.0331. The van der Waals surface area contributed by atoms with Crippen molar-refractivity contribution in [2.24, 2.45) is 5.41 Å². The largest absolute Gasteiger partial charge is 0.434 e. The molecule has 2 aliphatic heterocycles. The maximum Gasteiger partial charge on any atom is 0.434 e. The van der Waals surface area contributed by atoms with E-state index in [1.54, 1.807) is 35.2 Å². The highest BCUT2D eigenvalue weighted by atomic mass is 19.4. The zero-order valence-electron chi connectivity index (χ0n) is 15.8. The van der Waals surface area contributed by atoms with E-state index in [0.717, 1.165) is 4.90 Å². The average molecular weight is 438 g/mol. The molecular weight excluding hydrogens is 418 g/mol. The molecule has 2 heterocycles. The van der Waals surface area contributed by atoms with Crippen molar-refractivity contribution >= 4 is 12.0 Å². The molecule has 30 heavy (non-hydrogen) atoms. The Bertz CT molecular complexity index is 759. The Labute approximate surface area is 168 Å². The first-order valence-electron chi connectivity index (χ1n) is 9.35. The minimum Gasteiger partial charge on any atom is -0.426 e. The van der Waals surface area contributed by atoms with E-state index >= 15 is 0 Å².